The van der Waals surface area contributed by atoms with Gasteiger partial charge in [-0.25, -0.2) is 9.37 Å². The van der Waals surface area contributed by atoms with Crippen LogP contribution in [0, 0.1) is 19.7 Å². The lowest BCUT2D eigenvalue weighted by atomic mass is 10.1. The molecule has 0 saturated heterocycles. The van der Waals surface area contributed by atoms with Gasteiger partial charge in [-0.3, -0.25) is 14.2 Å². The molecule has 0 unspecified atom stereocenters. The van der Waals surface area contributed by atoms with Gasteiger partial charge in [0, 0.05) is 0 Å². The highest BCUT2D eigenvalue weighted by Gasteiger charge is 2.18. The van der Waals surface area contributed by atoms with Gasteiger partial charge in [-0.2, -0.15) is 4.80 Å². The van der Waals surface area contributed by atoms with Crippen LogP contribution in [0.1, 0.15) is 38.3 Å². The standard InChI is InChI=1S/C19H18FN7O3S/c1-9-5-11(3-4-12(9)20)13(28)6-27-24-14(23-25-27)7-26-8-22-18-15(19(26)30)10(2)16(31-18)17(21)29/h3-5,8,13,28H,6-7H2,1-2H3,(H2,21,29)/t13-/m0/s1. The predicted octanol–water partition coefficient (Wildman–Crippen LogP) is 1.08. The van der Waals surface area contributed by atoms with Crippen molar-refractivity contribution in [3.8, 4) is 0 Å². The zero-order valence-electron chi connectivity index (χ0n) is 16.6. The lowest BCUT2D eigenvalue weighted by Gasteiger charge is -2.10. The van der Waals surface area contributed by atoms with E-state index in [1.165, 1.54) is 27.8 Å². The molecule has 0 fully saturated rings. The Morgan fingerprint density at radius 1 is 1.35 bits per heavy atom. The number of nitrogens with two attached hydrogens (primary N) is 1. The molecule has 1 aromatic carbocycles. The second-order valence-electron chi connectivity index (χ2n) is 7.06. The van der Waals surface area contributed by atoms with E-state index in [0.717, 1.165) is 11.3 Å². The molecule has 0 bridgehead atoms. The van der Waals surface area contributed by atoms with Gasteiger partial charge in [0.25, 0.3) is 11.5 Å². The van der Waals surface area contributed by atoms with Gasteiger partial charge >= 0.3 is 0 Å². The minimum Gasteiger partial charge on any atom is -0.386 e. The summed E-state index contributed by atoms with van der Waals surface area (Å²) in [5, 5.41) is 22.7. The van der Waals surface area contributed by atoms with Crippen molar-refractivity contribution in [1.29, 1.82) is 0 Å². The van der Waals surface area contributed by atoms with Gasteiger partial charge < -0.3 is 10.8 Å². The van der Waals surface area contributed by atoms with Gasteiger partial charge in [0.15, 0.2) is 5.82 Å². The van der Waals surface area contributed by atoms with E-state index in [2.05, 4.69) is 20.4 Å². The molecule has 0 spiro atoms. The van der Waals surface area contributed by atoms with Crippen molar-refractivity contribution >= 4 is 27.5 Å². The first-order valence-corrected chi connectivity index (χ1v) is 10.1. The molecule has 10 nitrogen and oxygen atoms in total. The van der Waals surface area contributed by atoms with Crippen molar-refractivity contribution in [2.24, 2.45) is 5.73 Å². The number of primary amides is 1. The average Bonchev–Trinajstić information content (AvgIpc) is 3.30. The zero-order chi connectivity index (χ0) is 22.3. The molecule has 31 heavy (non-hydrogen) atoms. The van der Waals surface area contributed by atoms with Crippen LogP contribution in [0.15, 0.2) is 29.3 Å². The fraction of sp³-hybridized carbons (Fsp3) is 0.263. The third kappa shape index (κ3) is 3.94. The summed E-state index contributed by atoms with van der Waals surface area (Å²) in [6.07, 6.45) is 0.394. The highest BCUT2D eigenvalue weighted by molar-refractivity contribution is 7.20. The van der Waals surface area contributed by atoms with E-state index < -0.39 is 12.0 Å². The van der Waals surface area contributed by atoms with Crippen LogP contribution in [0.5, 0.6) is 0 Å². The molecule has 4 rings (SSSR count). The number of aryl methyl sites for hydroxylation is 2. The Kier molecular flexibility index (Phi) is 5.33. The Morgan fingerprint density at radius 2 is 2.13 bits per heavy atom. The van der Waals surface area contributed by atoms with Crippen LogP contribution in [0.2, 0.25) is 0 Å². The molecular formula is C19H18FN7O3S. The molecule has 160 valence electrons. The molecule has 0 radical (unpaired) electrons. The summed E-state index contributed by atoms with van der Waals surface area (Å²) >= 11 is 1.07. The number of carbonyl (C=O) groups excluding carboxylic acids is 1. The number of amides is 1. The number of rotatable bonds is 6. The quantitative estimate of drug-likeness (QED) is 0.454. The van der Waals surface area contributed by atoms with E-state index in [1.54, 1.807) is 19.9 Å². The largest absolute Gasteiger partial charge is 0.386 e. The molecule has 1 atom stereocenters. The van der Waals surface area contributed by atoms with Gasteiger partial charge in [-0.05, 0) is 41.8 Å². The Bertz CT molecular complexity index is 1360. The molecule has 0 aliphatic carbocycles. The maximum atomic E-state index is 13.4. The number of nitrogens with zero attached hydrogens (tertiary/aromatic N) is 6. The summed E-state index contributed by atoms with van der Waals surface area (Å²) in [5.41, 5.74) is 6.46. The molecule has 3 aromatic heterocycles. The number of aliphatic hydroxyl groups is 1. The van der Waals surface area contributed by atoms with Crippen molar-refractivity contribution < 1.29 is 14.3 Å². The number of hydrogen-bond donors (Lipinski definition) is 2. The van der Waals surface area contributed by atoms with Crippen molar-refractivity contribution in [3.05, 3.63) is 68.1 Å². The summed E-state index contributed by atoms with van der Waals surface area (Å²) in [4.78, 5) is 30.5. The number of carbonyl (C=O) groups is 1. The normalized spacial score (nSPS) is 12.4. The number of benzene rings is 1. The Hall–Kier alpha value is -3.51. The number of tetrazole rings is 1. The zero-order valence-corrected chi connectivity index (χ0v) is 17.4. The van der Waals surface area contributed by atoms with E-state index in [9.17, 15) is 19.1 Å². The number of hydrogen-bond acceptors (Lipinski definition) is 8. The third-order valence-corrected chi connectivity index (χ3v) is 6.06. The first kappa shape index (κ1) is 20.8. The third-order valence-electron chi connectivity index (χ3n) is 4.85. The highest BCUT2D eigenvalue weighted by atomic mass is 32.1. The summed E-state index contributed by atoms with van der Waals surface area (Å²) in [7, 11) is 0. The highest BCUT2D eigenvalue weighted by Crippen LogP contribution is 2.26. The lowest BCUT2D eigenvalue weighted by molar-refractivity contribution is 0.100. The van der Waals surface area contributed by atoms with Gasteiger partial charge in [0.2, 0.25) is 0 Å². The molecule has 0 aliphatic rings. The summed E-state index contributed by atoms with van der Waals surface area (Å²) < 4.78 is 14.7. The molecule has 4 aromatic rings. The van der Waals surface area contributed by atoms with Gasteiger partial charge in [0.05, 0.1) is 29.7 Å². The fourth-order valence-corrected chi connectivity index (χ4v) is 4.20. The molecule has 1 amide bonds. The molecule has 3 N–H and O–H groups in total. The van der Waals surface area contributed by atoms with E-state index in [1.807, 2.05) is 0 Å². The number of fused-ring (bicyclic) bond motifs is 1. The van der Waals surface area contributed by atoms with Crippen LogP contribution >= 0.6 is 11.3 Å². The van der Waals surface area contributed by atoms with Crippen molar-refractivity contribution in [2.75, 3.05) is 0 Å². The monoisotopic (exact) mass is 443 g/mol. The Balaban J connectivity index is 1.55. The number of aliphatic hydroxyl groups excluding tert-OH is 1. The van der Waals surface area contributed by atoms with E-state index in [0.29, 0.717) is 31.8 Å². The first-order chi connectivity index (χ1) is 14.7. The molecule has 3 heterocycles. The minimum atomic E-state index is -0.956. The Morgan fingerprint density at radius 3 is 2.84 bits per heavy atom. The summed E-state index contributed by atoms with van der Waals surface area (Å²) in [6, 6.07) is 4.34. The lowest BCUT2D eigenvalue weighted by Crippen LogP contribution is -2.22. The predicted molar refractivity (Wildman–Crippen MR) is 110 cm³/mol. The number of halogens is 1. The molecule has 12 heteroatoms. The SMILES string of the molecule is Cc1cc([C@@H](O)Cn2nnc(Cn3cnc4sc(C(N)=O)c(C)c4c3=O)n2)ccc1F. The number of thiophene rings is 1. The van der Waals surface area contributed by atoms with E-state index in [4.69, 9.17) is 5.73 Å². The smallest absolute Gasteiger partial charge is 0.262 e. The van der Waals surface area contributed by atoms with Gasteiger partial charge in [-0.1, -0.05) is 12.1 Å². The van der Waals surface area contributed by atoms with Crippen LogP contribution in [0.4, 0.5) is 4.39 Å². The number of aromatic nitrogens is 6. The second-order valence-corrected chi connectivity index (χ2v) is 8.06. The van der Waals surface area contributed by atoms with E-state index >= 15 is 0 Å². The average molecular weight is 443 g/mol. The van der Waals surface area contributed by atoms with Crippen LogP contribution < -0.4 is 11.3 Å². The topological polar surface area (TPSA) is 142 Å². The second kappa shape index (κ2) is 7.96. The van der Waals surface area contributed by atoms with Crippen LogP contribution in [-0.2, 0) is 13.1 Å². The van der Waals surface area contributed by atoms with E-state index in [-0.39, 0.29) is 30.3 Å². The van der Waals surface area contributed by atoms with Gasteiger partial charge in [0.1, 0.15) is 16.8 Å². The minimum absolute atomic E-state index is 0.00865. The molecule has 0 aliphatic heterocycles. The van der Waals surface area contributed by atoms with Gasteiger partial charge in [-0.15, -0.1) is 21.5 Å². The summed E-state index contributed by atoms with van der Waals surface area (Å²) in [6.45, 7) is 3.28. The van der Waals surface area contributed by atoms with Crippen LogP contribution in [0.25, 0.3) is 10.2 Å². The summed E-state index contributed by atoms with van der Waals surface area (Å²) in [5.74, 6) is -0.711. The molecule has 0 saturated carbocycles. The van der Waals surface area contributed by atoms with Crippen molar-refractivity contribution in [3.63, 3.8) is 0 Å². The fourth-order valence-electron chi connectivity index (χ4n) is 3.21. The molecular weight excluding hydrogens is 425 g/mol. The maximum Gasteiger partial charge on any atom is 0.262 e. The van der Waals surface area contributed by atoms with Crippen molar-refractivity contribution in [1.82, 2.24) is 29.8 Å². The van der Waals surface area contributed by atoms with Crippen LogP contribution in [0.3, 0.4) is 0 Å². The van der Waals surface area contributed by atoms with Crippen LogP contribution in [-0.4, -0.2) is 40.8 Å². The maximum absolute atomic E-state index is 13.4. The van der Waals surface area contributed by atoms with Crippen molar-refractivity contribution in [2.45, 2.75) is 33.0 Å². The Labute approximate surface area is 178 Å². The first-order valence-electron chi connectivity index (χ1n) is 9.23.